The summed E-state index contributed by atoms with van der Waals surface area (Å²) in [7, 11) is 0. The molecule has 96 valence electrons. The number of aromatic nitrogens is 3. The summed E-state index contributed by atoms with van der Waals surface area (Å²) in [5, 5.41) is 7.21. The number of nitrogens with zero attached hydrogens (tertiary/aromatic N) is 2. The van der Waals surface area contributed by atoms with E-state index >= 15 is 0 Å². The highest BCUT2D eigenvalue weighted by atomic mass is 32.1. The van der Waals surface area contributed by atoms with Crippen LogP contribution in [0.15, 0.2) is 0 Å². The first-order chi connectivity index (χ1) is 8.26. The van der Waals surface area contributed by atoms with Gasteiger partial charge in [0.15, 0.2) is 4.77 Å². The van der Waals surface area contributed by atoms with E-state index in [2.05, 4.69) is 28.6 Å². The summed E-state index contributed by atoms with van der Waals surface area (Å²) < 4.78 is 8.62. The van der Waals surface area contributed by atoms with Gasteiger partial charge in [0.2, 0.25) is 0 Å². The number of hydrogen-bond acceptors (Lipinski definition) is 3. The van der Waals surface area contributed by atoms with Crippen molar-refractivity contribution in [1.82, 2.24) is 14.8 Å². The maximum Gasteiger partial charge on any atom is 0.195 e. The molecule has 1 saturated heterocycles. The Labute approximate surface area is 107 Å². The van der Waals surface area contributed by atoms with E-state index in [1.54, 1.807) is 0 Å². The second-order valence-corrected chi connectivity index (χ2v) is 5.06. The second-order valence-electron chi connectivity index (χ2n) is 4.67. The molecule has 0 radical (unpaired) electrons. The molecule has 17 heavy (non-hydrogen) atoms. The Hall–Kier alpha value is -0.680. The Kier molecular flexibility index (Phi) is 4.34. The van der Waals surface area contributed by atoms with Crippen LogP contribution in [0.4, 0.5) is 0 Å². The molecule has 1 fully saturated rings. The van der Waals surface area contributed by atoms with Crippen molar-refractivity contribution in [1.29, 1.82) is 0 Å². The van der Waals surface area contributed by atoms with E-state index < -0.39 is 0 Å². The highest BCUT2D eigenvalue weighted by Crippen LogP contribution is 2.25. The van der Waals surface area contributed by atoms with E-state index in [-0.39, 0.29) is 0 Å². The monoisotopic (exact) mass is 255 g/mol. The number of aromatic amines is 1. The van der Waals surface area contributed by atoms with Crippen LogP contribution in [0.5, 0.6) is 0 Å². The molecule has 5 heteroatoms. The number of aryl methyl sites for hydroxylation is 1. The van der Waals surface area contributed by atoms with Gasteiger partial charge >= 0.3 is 0 Å². The van der Waals surface area contributed by atoms with Gasteiger partial charge in [-0.2, -0.15) is 5.10 Å². The molecule has 1 aliphatic heterocycles. The molecule has 2 unspecified atom stereocenters. The van der Waals surface area contributed by atoms with Crippen LogP contribution < -0.4 is 0 Å². The molecule has 0 saturated carbocycles. The lowest BCUT2D eigenvalue weighted by atomic mass is 9.99. The quantitative estimate of drug-likeness (QED) is 0.823. The van der Waals surface area contributed by atoms with Crippen LogP contribution in [0.25, 0.3) is 0 Å². The predicted molar refractivity (Wildman–Crippen MR) is 69.5 cm³/mol. The summed E-state index contributed by atoms with van der Waals surface area (Å²) in [4.78, 5) is 0. The van der Waals surface area contributed by atoms with Crippen LogP contribution in [-0.2, 0) is 17.7 Å². The largest absolute Gasteiger partial charge is 0.378 e. The van der Waals surface area contributed by atoms with Crippen LogP contribution in [0.3, 0.4) is 0 Å². The first-order valence-corrected chi connectivity index (χ1v) is 6.92. The SMILES string of the molecule is CCCc1n[nH]c(=S)n1CC1CCOC1CC. The topological polar surface area (TPSA) is 42.8 Å². The van der Waals surface area contributed by atoms with Crippen molar-refractivity contribution in [2.45, 2.75) is 52.2 Å². The summed E-state index contributed by atoms with van der Waals surface area (Å²) >= 11 is 5.30. The Bertz CT molecular complexity index is 412. The molecule has 1 aromatic heterocycles. The van der Waals surface area contributed by atoms with Crippen LogP contribution in [0.2, 0.25) is 0 Å². The van der Waals surface area contributed by atoms with Gasteiger partial charge in [-0.3, -0.25) is 5.10 Å². The van der Waals surface area contributed by atoms with Gasteiger partial charge in [0.25, 0.3) is 0 Å². The van der Waals surface area contributed by atoms with Crippen molar-refractivity contribution >= 4 is 12.2 Å². The smallest absolute Gasteiger partial charge is 0.195 e. The Morgan fingerprint density at radius 3 is 3.06 bits per heavy atom. The number of ether oxygens (including phenoxy) is 1. The van der Waals surface area contributed by atoms with E-state index in [0.29, 0.717) is 12.0 Å². The van der Waals surface area contributed by atoms with Crippen LogP contribution in [-0.4, -0.2) is 27.5 Å². The van der Waals surface area contributed by atoms with E-state index in [1.165, 1.54) is 0 Å². The summed E-state index contributed by atoms with van der Waals surface area (Å²) in [6.07, 6.45) is 4.69. The molecule has 0 aliphatic carbocycles. The van der Waals surface area contributed by atoms with Crippen LogP contribution >= 0.6 is 12.2 Å². The predicted octanol–water partition coefficient (Wildman–Crippen LogP) is 2.71. The van der Waals surface area contributed by atoms with E-state index in [1.807, 2.05) is 0 Å². The molecule has 2 atom stereocenters. The lowest BCUT2D eigenvalue weighted by molar-refractivity contribution is 0.0831. The average Bonchev–Trinajstić information content (AvgIpc) is 2.90. The lowest BCUT2D eigenvalue weighted by Gasteiger charge is -2.18. The Morgan fingerprint density at radius 1 is 1.53 bits per heavy atom. The van der Waals surface area contributed by atoms with Gasteiger partial charge in [0.05, 0.1) is 6.10 Å². The van der Waals surface area contributed by atoms with Gasteiger partial charge in [0.1, 0.15) is 5.82 Å². The van der Waals surface area contributed by atoms with Gasteiger partial charge in [0, 0.05) is 25.5 Å². The van der Waals surface area contributed by atoms with Gasteiger partial charge in [-0.1, -0.05) is 13.8 Å². The third kappa shape index (κ3) is 2.77. The average molecular weight is 255 g/mol. The standard InChI is InChI=1S/C12H21N3OS/c1-3-5-11-13-14-12(17)15(11)8-9-6-7-16-10(9)4-2/h9-10H,3-8H2,1-2H3,(H,14,17). The second kappa shape index (κ2) is 5.78. The molecular formula is C12H21N3OS. The minimum absolute atomic E-state index is 0.390. The molecule has 2 heterocycles. The van der Waals surface area contributed by atoms with Crippen molar-refractivity contribution in [2.24, 2.45) is 5.92 Å². The lowest BCUT2D eigenvalue weighted by Crippen LogP contribution is -2.21. The van der Waals surface area contributed by atoms with Gasteiger partial charge < -0.3 is 9.30 Å². The first-order valence-electron chi connectivity index (χ1n) is 6.52. The zero-order valence-corrected chi connectivity index (χ0v) is 11.4. The fraction of sp³-hybridized carbons (Fsp3) is 0.833. The van der Waals surface area contributed by atoms with Crippen molar-refractivity contribution in [2.75, 3.05) is 6.61 Å². The first kappa shape index (κ1) is 12.8. The molecular weight excluding hydrogens is 234 g/mol. The normalized spacial score (nSPS) is 24.4. The summed E-state index contributed by atoms with van der Waals surface area (Å²) in [6.45, 7) is 6.18. The molecule has 1 aromatic rings. The van der Waals surface area contributed by atoms with Crippen molar-refractivity contribution < 1.29 is 4.74 Å². The molecule has 1 N–H and O–H groups in total. The van der Waals surface area contributed by atoms with Crippen molar-refractivity contribution in [3.05, 3.63) is 10.6 Å². The minimum atomic E-state index is 0.390. The molecule has 4 nitrogen and oxygen atoms in total. The zero-order valence-electron chi connectivity index (χ0n) is 10.6. The van der Waals surface area contributed by atoms with Gasteiger partial charge in [-0.25, -0.2) is 0 Å². The minimum Gasteiger partial charge on any atom is -0.378 e. The van der Waals surface area contributed by atoms with Gasteiger partial charge in [-0.05, 0) is 31.5 Å². The van der Waals surface area contributed by atoms with Crippen LogP contribution in [0.1, 0.15) is 38.9 Å². The number of rotatable bonds is 5. The third-order valence-electron chi connectivity index (χ3n) is 3.48. The zero-order chi connectivity index (χ0) is 12.3. The number of nitrogens with one attached hydrogen (secondary N) is 1. The Morgan fingerprint density at radius 2 is 2.35 bits per heavy atom. The van der Waals surface area contributed by atoms with E-state index in [9.17, 15) is 0 Å². The van der Waals surface area contributed by atoms with Crippen LogP contribution in [0, 0.1) is 10.7 Å². The molecule has 0 spiro atoms. The molecule has 1 aliphatic rings. The Balaban J connectivity index is 2.12. The van der Waals surface area contributed by atoms with E-state index in [4.69, 9.17) is 17.0 Å². The van der Waals surface area contributed by atoms with E-state index in [0.717, 1.165) is 49.4 Å². The summed E-state index contributed by atoms with van der Waals surface area (Å²) in [5.41, 5.74) is 0. The highest BCUT2D eigenvalue weighted by molar-refractivity contribution is 7.71. The fourth-order valence-corrected chi connectivity index (χ4v) is 2.77. The number of hydrogen-bond donors (Lipinski definition) is 1. The van der Waals surface area contributed by atoms with Gasteiger partial charge in [-0.15, -0.1) is 0 Å². The summed E-state index contributed by atoms with van der Waals surface area (Å²) in [5.74, 6) is 1.67. The summed E-state index contributed by atoms with van der Waals surface area (Å²) in [6, 6.07) is 0. The molecule has 0 bridgehead atoms. The molecule has 0 amide bonds. The molecule has 0 aromatic carbocycles. The maximum atomic E-state index is 5.73. The molecule has 2 rings (SSSR count). The maximum absolute atomic E-state index is 5.73. The third-order valence-corrected chi connectivity index (χ3v) is 3.79. The van der Waals surface area contributed by atoms with Crippen molar-refractivity contribution in [3.8, 4) is 0 Å². The highest BCUT2D eigenvalue weighted by Gasteiger charge is 2.27. The van der Waals surface area contributed by atoms with Crippen molar-refractivity contribution in [3.63, 3.8) is 0 Å². The fourth-order valence-electron chi connectivity index (χ4n) is 2.54. The number of H-pyrrole nitrogens is 1.